The molecule has 2 aromatic heterocycles. The van der Waals surface area contributed by atoms with E-state index in [1.54, 1.807) is 21.8 Å². The summed E-state index contributed by atoms with van der Waals surface area (Å²) < 4.78 is 37.2. The number of sulfonamides is 1. The van der Waals surface area contributed by atoms with E-state index < -0.39 is 10.0 Å². The lowest BCUT2D eigenvalue weighted by Gasteiger charge is -2.19. The van der Waals surface area contributed by atoms with Crippen LogP contribution in [0.2, 0.25) is 0 Å². The van der Waals surface area contributed by atoms with Crippen molar-refractivity contribution in [3.05, 3.63) is 29.8 Å². The molecular weight excluding hydrogens is 330 g/mol. The highest BCUT2D eigenvalue weighted by Gasteiger charge is 2.35. The largest absolute Gasteiger partial charge is 0.372 e. The summed E-state index contributed by atoms with van der Waals surface area (Å²) in [6, 6.07) is -0.213. The van der Waals surface area contributed by atoms with Crippen LogP contribution in [0, 0.1) is 6.92 Å². The molecule has 0 unspecified atom stereocenters. The molecule has 3 heterocycles. The number of rotatable bonds is 5. The molecule has 1 aliphatic heterocycles. The molecule has 0 aromatic carbocycles. The van der Waals surface area contributed by atoms with Gasteiger partial charge < -0.3 is 4.74 Å². The first-order valence-corrected chi connectivity index (χ1v) is 9.44. The second-order valence-electron chi connectivity index (χ2n) is 6.37. The third-order valence-electron chi connectivity index (χ3n) is 4.40. The minimum absolute atomic E-state index is 0.106. The molecule has 1 fully saturated rings. The lowest BCUT2D eigenvalue weighted by Crippen LogP contribution is -2.36. The normalized spacial score (nSPS) is 21.7. The summed E-state index contributed by atoms with van der Waals surface area (Å²) in [6.45, 7) is 6.35. The van der Waals surface area contributed by atoms with Crippen molar-refractivity contribution in [3.63, 3.8) is 0 Å². The molecule has 0 spiro atoms. The lowest BCUT2D eigenvalue weighted by atomic mass is 10.0. The zero-order chi connectivity index (χ0) is 17.5. The van der Waals surface area contributed by atoms with Gasteiger partial charge in [-0.05, 0) is 27.2 Å². The molecule has 8 nitrogen and oxygen atoms in total. The predicted octanol–water partition coefficient (Wildman–Crippen LogP) is 1.31. The predicted molar refractivity (Wildman–Crippen MR) is 88.0 cm³/mol. The molecule has 132 valence electrons. The van der Waals surface area contributed by atoms with E-state index in [4.69, 9.17) is 4.74 Å². The fourth-order valence-corrected chi connectivity index (χ4v) is 4.03. The SMILES string of the molecule is Cc1c([C@H]2OCC[C@@H]2NS(=O)(=O)c2cnn(C(C)C)c2)cnn1C. The van der Waals surface area contributed by atoms with Crippen molar-refractivity contribution in [2.45, 2.75) is 50.3 Å². The molecule has 9 heteroatoms. The zero-order valence-corrected chi connectivity index (χ0v) is 15.1. The van der Waals surface area contributed by atoms with Gasteiger partial charge in [0.2, 0.25) is 10.0 Å². The number of aromatic nitrogens is 4. The van der Waals surface area contributed by atoms with Gasteiger partial charge in [-0.2, -0.15) is 10.2 Å². The molecule has 2 aromatic rings. The summed E-state index contributed by atoms with van der Waals surface area (Å²) in [6.07, 6.45) is 4.96. The molecule has 0 aliphatic carbocycles. The van der Waals surface area contributed by atoms with Gasteiger partial charge in [0, 0.05) is 37.2 Å². The summed E-state index contributed by atoms with van der Waals surface area (Å²) in [5, 5.41) is 8.32. The first kappa shape index (κ1) is 17.1. The molecule has 1 aliphatic rings. The van der Waals surface area contributed by atoms with Gasteiger partial charge in [0.1, 0.15) is 11.0 Å². The Labute approximate surface area is 141 Å². The van der Waals surface area contributed by atoms with Gasteiger partial charge in [-0.25, -0.2) is 13.1 Å². The highest BCUT2D eigenvalue weighted by Crippen LogP contribution is 2.31. The minimum atomic E-state index is -3.64. The highest BCUT2D eigenvalue weighted by molar-refractivity contribution is 7.89. The Bertz CT molecular complexity index is 824. The van der Waals surface area contributed by atoms with E-state index in [9.17, 15) is 8.42 Å². The molecule has 2 atom stereocenters. The van der Waals surface area contributed by atoms with E-state index in [2.05, 4.69) is 14.9 Å². The Morgan fingerprint density at radius 1 is 1.33 bits per heavy atom. The van der Waals surface area contributed by atoms with Crippen molar-refractivity contribution in [1.82, 2.24) is 24.3 Å². The van der Waals surface area contributed by atoms with Gasteiger partial charge in [0.25, 0.3) is 0 Å². The third kappa shape index (κ3) is 3.11. The van der Waals surface area contributed by atoms with Crippen LogP contribution in [0.15, 0.2) is 23.5 Å². The first-order valence-electron chi connectivity index (χ1n) is 7.96. The average Bonchev–Trinajstić information content (AvgIpc) is 3.21. The summed E-state index contributed by atoms with van der Waals surface area (Å²) >= 11 is 0. The monoisotopic (exact) mass is 353 g/mol. The molecule has 0 bridgehead atoms. The maximum Gasteiger partial charge on any atom is 0.244 e. The van der Waals surface area contributed by atoms with Crippen LogP contribution in [-0.4, -0.2) is 40.6 Å². The molecule has 1 N–H and O–H groups in total. The average molecular weight is 353 g/mol. The quantitative estimate of drug-likeness (QED) is 0.875. The van der Waals surface area contributed by atoms with E-state index in [1.807, 2.05) is 27.8 Å². The van der Waals surface area contributed by atoms with E-state index in [0.29, 0.717) is 13.0 Å². The highest BCUT2D eigenvalue weighted by atomic mass is 32.2. The van der Waals surface area contributed by atoms with E-state index in [0.717, 1.165) is 11.3 Å². The minimum Gasteiger partial charge on any atom is -0.372 e. The maximum atomic E-state index is 12.7. The van der Waals surface area contributed by atoms with Crippen molar-refractivity contribution >= 4 is 10.0 Å². The molecule has 0 radical (unpaired) electrons. The molecule has 0 amide bonds. The van der Waals surface area contributed by atoms with Crippen molar-refractivity contribution in [2.75, 3.05) is 6.61 Å². The summed E-state index contributed by atoms with van der Waals surface area (Å²) in [7, 11) is -1.79. The van der Waals surface area contributed by atoms with E-state index >= 15 is 0 Å². The number of hydrogen-bond acceptors (Lipinski definition) is 5. The Balaban J connectivity index is 1.82. The Hall–Kier alpha value is -1.71. The molecule has 3 rings (SSSR count). The van der Waals surface area contributed by atoms with Crippen LogP contribution >= 0.6 is 0 Å². The standard InChI is InChI=1S/C15H23N5O3S/c1-10(2)20-9-12(7-17-20)24(21,22)18-14-5-6-23-15(14)13-8-16-19(4)11(13)3/h7-10,14-15,18H,5-6H2,1-4H3/t14-,15+/m0/s1. The van der Waals surface area contributed by atoms with Gasteiger partial charge in [-0.3, -0.25) is 9.36 Å². The van der Waals surface area contributed by atoms with Crippen LogP contribution < -0.4 is 4.72 Å². The lowest BCUT2D eigenvalue weighted by molar-refractivity contribution is 0.102. The smallest absolute Gasteiger partial charge is 0.244 e. The third-order valence-corrected chi connectivity index (χ3v) is 5.84. The van der Waals surface area contributed by atoms with Crippen LogP contribution in [0.4, 0.5) is 0 Å². The van der Waals surface area contributed by atoms with Gasteiger partial charge >= 0.3 is 0 Å². The Morgan fingerprint density at radius 2 is 2.08 bits per heavy atom. The fourth-order valence-electron chi connectivity index (χ4n) is 2.82. The van der Waals surface area contributed by atoms with Crippen LogP contribution in [0.25, 0.3) is 0 Å². The second-order valence-corrected chi connectivity index (χ2v) is 8.08. The molecule has 24 heavy (non-hydrogen) atoms. The van der Waals surface area contributed by atoms with Crippen molar-refractivity contribution in [2.24, 2.45) is 7.05 Å². The number of ether oxygens (including phenoxy) is 1. The first-order chi connectivity index (χ1) is 11.3. The van der Waals surface area contributed by atoms with Crippen molar-refractivity contribution in [3.8, 4) is 0 Å². The zero-order valence-electron chi connectivity index (χ0n) is 14.3. The maximum absolute atomic E-state index is 12.7. The fraction of sp³-hybridized carbons (Fsp3) is 0.600. The van der Waals surface area contributed by atoms with Crippen LogP contribution in [0.3, 0.4) is 0 Å². The number of nitrogens with one attached hydrogen (secondary N) is 1. The van der Waals surface area contributed by atoms with E-state index in [1.165, 1.54) is 6.20 Å². The van der Waals surface area contributed by atoms with Crippen molar-refractivity contribution in [1.29, 1.82) is 0 Å². The molecule has 0 saturated carbocycles. The van der Waals surface area contributed by atoms with Crippen LogP contribution in [0.1, 0.15) is 43.7 Å². The van der Waals surface area contributed by atoms with Gasteiger partial charge in [-0.15, -0.1) is 0 Å². The van der Waals surface area contributed by atoms with Crippen LogP contribution in [0.5, 0.6) is 0 Å². The van der Waals surface area contributed by atoms with Gasteiger partial charge in [0.15, 0.2) is 0 Å². The topological polar surface area (TPSA) is 91.0 Å². The van der Waals surface area contributed by atoms with E-state index in [-0.39, 0.29) is 23.1 Å². The summed E-state index contributed by atoms with van der Waals surface area (Å²) in [4.78, 5) is 0.171. The Morgan fingerprint density at radius 3 is 2.67 bits per heavy atom. The molecular formula is C15H23N5O3S. The molecule has 1 saturated heterocycles. The summed E-state index contributed by atoms with van der Waals surface area (Å²) in [5.41, 5.74) is 1.89. The Kier molecular flexibility index (Phi) is 4.50. The summed E-state index contributed by atoms with van der Waals surface area (Å²) in [5.74, 6) is 0. The number of aryl methyl sites for hydroxylation is 1. The van der Waals surface area contributed by atoms with Crippen LogP contribution in [-0.2, 0) is 21.8 Å². The van der Waals surface area contributed by atoms with Crippen molar-refractivity contribution < 1.29 is 13.2 Å². The number of nitrogens with zero attached hydrogens (tertiary/aromatic N) is 4. The van der Waals surface area contributed by atoms with Gasteiger partial charge in [-0.1, -0.05) is 0 Å². The van der Waals surface area contributed by atoms with Gasteiger partial charge in [0.05, 0.1) is 18.4 Å². The second kappa shape index (κ2) is 6.30. The number of hydrogen-bond donors (Lipinski definition) is 1.